The summed E-state index contributed by atoms with van der Waals surface area (Å²) in [5.74, 6) is 2.76. The molecule has 0 saturated heterocycles. The van der Waals surface area contributed by atoms with Gasteiger partial charge in [0, 0.05) is 5.56 Å². The molecule has 0 spiro atoms. The molecule has 0 aliphatic carbocycles. The van der Waals surface area contributed by atoms with Crippen LogP contribution >= 0.6 is 24.2 Å². The van der Waals surface area contributed by atoms with Crippen LogP contribution in [0.15, 0.2) is 24.3 Å². The molecule has 0 N–H and O–H groups in total. The second kappa shape index (κ2) is 3.55. The van der Waals surface area contributed by atoms with E-state index < -0.39 is 0 Å². The molecule has 1 rings (SSSR count). The Kier molecular flexibility index (Phi) is 2.68. The maximum atomic E-state index is 5.77. The molecule has 0 radical (unpaired) electrons. The number of hydrogen-bond acceptors (Lipinski definition) is 1. The third kappa shape index (κ3) is 1.70. The Labute approximate surface area is 70.6 Å². The molecule has 1 aromatic carbocycles. The first-order valence-corrected chi connectivity index (χ1v) is 3.57. The second-order valence-corrected chi connectivity index (χ2v) is 2.35. The van der Waals surface area contributed by atoms with E-state index in [1.165, 1.54) is 0 Å². The zero-order valence-electron chi connectivity index (χ0n) is 5.13. The summed E-state index contributed by atoms with van der Waals surface area (Å²) >= 11 is 9.53. The molecule has 50 valence electrons. The summed E-state index contributed by atoms with van der Waals surface area (Å²) in [7, 11) is 0. The van der Waals surface area contributed by atoms with Gasteiger partial charge in [-0.2, -0.15) is 0 Å². The highest BCUT2D eigenvalue weighted by Crippen LogP contribution is 2.12. The van der Waals surface area contributed by atoms with Crippen LogP contribution in [0.5, 0.6) is 0 Å². The van der Waals surface area contributed by atoms with Crippen molar-refractivity contribution >= 4 is 24.2 Å². The van der Waals surface area contributed by atoms with Crippen LogP contribution in [-0.4, -0.2) is 0 Å². The normalized spacial score (nSPS) is 8.20. The van der Waals surface area contributed by atoms with Gasteiger partial charge in [0.2, 0.25) is 0 Å². The van der Waals surface area contributed by atoms with Crippen molar-refractivity contribution in [1.29, 1.82) is 0 Å². The molecular formula is C8H5ClS. The Morgan fingerprint density at radius 2 is 2.00 bits per heavy atom. The van der Waals surface area contributed by atoms with Crippen molar-refractivity contribution in [2.75, 3.05) is 0 Å². The summed E-state index contributed by atoms with van der Waals surface area (Å²) in [6, 6.07) is 7.41. The van der Waals surface area contributed by atoms with Crippen LogP contribution in [-0.2, 0) is 0 Å². The zero-order valence-corrected chi connectivity index (χ0v) is 6.78. The molecule has 10 heavy (non-hydrogen) atoms. The van der Waals surface area contributed by atoms with Gasteiger partial charge in [0.15, 0.2) is 0 Å². The average Bonchev–Trinajstić information content (AvgIpc) is 1.94. The molecule has 0 atom stereocenters. The highest BCUT2D eigenvalue weighted by atomic mass is 35.5. The summed E-state index contributed by atoms with van der Waals surface area (Å²) < 4.78 is 0. The monoisotopic (exact) mass is 168 g/mol. The van der Waals surface area contributed by atoms with Crippen molar-refractivity contribution in [3.63, 3.8) is 0 Å². The lowest BCUT2D eigenvalue weighted by Crippen LogP contribution is -1.72. The lowest BCUT2D eigenvalue weighted by Gasteiger charge is -1.90. The highest BCUT2D eigenvalue weighted by molar-refractivity contribution is 7.85. The molecule has 0 aliphatic rings. The zero-order chi connectivity index (χ0) is 7.40. The molecule has 0 amide bonds. The van der Waals surface area contributed by atoms with Gasteiger partial charge in [-0.25, -0.2) is 0 Å². The Morgan fingerprint density at radius 1 is 1.30 bits per heavy atom. The molecule has 0 aromatic heterocycles. The van der Waals surface area contributed by atoms with Gasteiger partial charge in [0.25, 0.3) is 0 Å². The van der Waals surface area contributed by atoms with E-state index in [9.17, 15) is 0 Å². The fourth-order valence-corrected chi connectivity index (χ4v) is 0.926. The number of rotatable bonds is 0. The topological polar surface area (TPSA) is 0 Å². The fraction of sp³-hybridized carbons (Fsp3) is 0. The van der Waals surface area contributed by atoms with Crippen molar-refractivity contribution in [3.05, 3.63) is 34.9 Å². The van der Waals surface area contributed by atoms with Crippen molar-refractivity contribution in [2.45, 2.75) is 0 Å². The minimum atomic E-state index is 0.670. The van der Waals surface area contributed by atoms with Gasteiger partial charge in [-0.05, 0) is 17.4 Å². The molecule has 0 saturated carbocycles. The van der Waals surface area contributed by atoms with Crippen molar-refractivity contribution < 1.29 is 0 Å². The quantitative estimate of drug-likeness (QED) is 0.447. The predicted octanol–water partition coefficient (Wildman–Crippen LogP) is 2.58. The largest absolute Gasteiger partial charge is 0.0918 e. The summed E-state index contributed by atoms with van der Waals surface area (Å²) in [6.07, 6.45) is 0. The first kappa shape index (κ1) is 7.53. The van der Waals surface area contributed by atoms with Crippen LogP contribution in [0.4, 0.5) is 0 Å². The first-order valence-electron chi connectivity index (χ1n) is 2.74. The molecule has 0 heterocycles. The Balaban J connectivity index is 3.11. The predicted molar refractivity (Wildman–Crippen MR) is 47.3 cm³/mol. The van der Waals surface area contributed by atoms with Crippen LogP contribution in [0, 0.1) is 11.2 Å². The van der Waals surface area contributed by atoms with Crippen LogP contribution in [0.1, 0.15) is 5.56 Å². The van der Waals surface area contributed by atoms with Gasteiger partial charge >= 0.3 is 0 Å². The van der Waals surface area contributed by atoms with Gasteiger partial charge in [-0.15, -0.1) is 0 Å². The van der Waals surface area contributed by atoms with Gasteiger partial charge in [0.05, 0.1) is 5.02 Å². The standard InChI is InChI=1S/C8H5ClS/c9-8-4-2-1-3-7(8)5-6-10/h1-4,10H. The number of thiol groups is 1. The highest BCUT2D eigenvalue weighted by Gasteiger charge is 1.90. The smallest absolute Gasteiger partial charge is 0.0562 e. The summed E-state index contributed by atoms with van der Waals surface area (Å²) in [6.45, 7) is 0. The van der Waals surface area contributed by atoms with Crippen molar-refractivity contribution in [3.8, 4) is 11.2 Å². The van der Waals surface area contributed by atoms with E-state index in [1.807, 2.05) is 18.2 Å². The van der Waals surface area contributed by atoms with Gasteiger partial charge in [0.1, 0.15) is 0 Å². The van der Waals surface area contributed by atoms with E-state index >= 15 is 0 Å². The SMILES string of the molecule is SC#Cc1ccccc1Cl. The molecule has 0 nitrogen and oxygen atoms in total. The molecule has 0 bridgehead atoms. The fourth-order valence-electron chi connectivity index (χ4n) is 0.623. The van der Waals surface area contributed by atoms with Gasteiger partial charge < -0.3 is 0 Å². The molecular weight excluding hydrogens is 164 g/mol. The van der Waals surface area contributed by atoms with E-state index in [0.29, 0.717) is 5.02 Å². The number of benzene rings is 1. The maximum absolute atomic E-state index is 5.77. The van der Waals surface area contributed by atoms with Gasteiger partial charge in [-0.3, -0.25) is 0 Å². The molecule has 0 unspecified atom stereocenters. The summed E-state index contributed by atoms with van der Waals surface area (Å²) in [5, 5.41) is 3.16. The Bertz CT molecular complexity index is 283. The lowest BCUT2D eigenvalue weighted by atomic mass is 10.2. The van der Waals surface area contributed by atoms with Crippen LogP contribution < -0.4 is 0 Å². The maximum Gasteiger partial charge on any atom is 0.0562 e. The third-order valence-corrected chi connectivity index (χ3v) is 1.51. The molecule has 0 fully saturated rings. The first-order chi connectivity index (χ1) is 4.84. The van der Waals surface area contributed by atoms with Crippen molar-refractivity contribution in [2.24, 2.45) is 0 Å². The van der Waals surface area contributed by atoms with Gasteiger partial charge in [-0.1, -0.05) is 42.3 Å². The number of halogens is 1. The second-order valence-electron chi connectivity index (χ2n) is 1.72. The third-order valence-electron chi connectivity index (χ3n) is 1.06. The van der Waals surface area contributed by atoms with Crippen LogP contribution in [0.2, 0.25) is 5.02 Å². The summed E-state index contributed by atoms with van der Waals surface area (Å²) in [5.41, 5.74) is 0.819. The average molecular weight is 169 g/mol. The molecule has 1 aromatic rings. The van der Waals surface area contributed by atoms with E-state index in [1.54, 1.807) is 6.07 Å². The van der Waals surface area contributed by atoms with E-state index in [0.717, 1.165) is 5.56 Å². The Morgan fingerprint density at radius 3 is 2.60 bits per heavy atom. The minimum Gasteiger partial charge on any atom is -0.0918 e. The Hall–Kier alpha value is -0.580. The van der Waals surface area contributed by atoms with Crippen LogP contribution in [0.25, 0.3) is 0 Å². The molecule has 2 heteroatoms. The summed E-state index contributed by atoms with van der Waals surface area (Å²) in [4.78, 5) is 0. The molecule has 0 aliphatic heterocycles. The van der Waals surface area contributed by atoms with E-state index in [-0.39, 0.29) is 0 Å². The minimum absolute atomic E-state index is 0.670. The van der Waals surface area contributed by atoms with Crippen molar-refractivity contribution in [1.82, 2.24) is 0 Å². The number of hydrogen-bond donors (Lipinski definition) is 1. The van der Waals surface area contributed by atoms with Crippen LogP contribution in [0.3, 0.4) is 0 Å². The lowest BCUT2D eigenvalue weighted by molar-refractivity contribution is 1.65. The van der Waals surface area contributed by atoms with E-state index in [4.69, 9.17) is 11.6 Å². The van der Waals surface area contributed by atoms with E-state index in [2.05, 4.69) is 23.8 Å².